The number of phenols is 1. The van der Waals surface area contributed by atoms with Crippen molar-refractivity contribution in [2.24, 2.45) is 0 Å². The predicted molar refractivity (Wildman–Crippen MR) is 113 cm³/mol. The van der Waals surface area contributed by atoms with Crippen LogP contribution in [0.2, 0.25) is 0 Å². The molecule has 1 aromatic heterocycles. The molecule has 172 valence electrons. The van der Waals surface area contributed by atoms with Crippen molar-refractivity contribution in [3.05, 3.63) is 77.1 Å². The highest BCUT2D eigenvalue weighted by molar-refractivity contribution is 5.98. The molecule has 2 amide bonds. The highest BCUT2D eigenvalue weighted by Gasteiger charge is 2.31. The molecule has 0 spiro atoms. The molecule has 1 aliphatic heterocycles. The van der Waals surface area contributed by atoms with Crippen molar-refractivity contribution in [1.29, 1.82) is 0 Å². The van der Waals surface area contributed by atoms with Crippen LogP contribution in [0.5, 0.6) is 5.75 Å². The van der Waals surface area contributed by atoms with Gasteiger partial charge in [-0.3, -0.25) is 9.59 Å². The Morgan fingerprint density at radius 3 is 2.12 bits per heavy atom. The van der Waals surface area contributed by atoms with Gasteiger partial charge in [0, 0.05) is 26.2 Å². The second kappa shape index (κ2) is 8.61. The summed E-state index contributed by atoms with van der Waals surface area (Å²) in [6, 6.07) is 11.0. The van der Waals surface area contributed by atoms with Crippen molar-refractivity contribution in [1.82, 2.24) is 19.6 Å². The van der Waals surface area contributed by atoms with Crippen LogP contribution in [0.25, 0.3) is 5.69 Å². The molecule has 10 heteroatoms. The molecular formula is C23H21F3N4O3. The topological polar surface area (TPSA) is 78.7 Å². The van der Waals surface area contributed by atoms with Gasteiger partial charge in [-0.25, -0.2) is 4.68 Å². The summed E-state index contributed by atoms with van der Waals surface area (Å²) in [5, 5.41) is 14.0. The lowest BCUT2D eigenvalue weighted by Crippen LogP contribution is -2.50. The molecule has 0 radical (unpaired) electrons. The summed E-state index contributed by atoms with van der Waals surface area (Å²) >= 11 is 0. The summed E-state index contributed by atoms with van der Waals surface area (Å²) in [6.07, 6.45) is -3.14. The van der Waals surface area contributed by atoms with Crippen LogP contribution in [0.3, 0.4) is 0 Å². The first kappa shape index (κ1) is 22.4. The molecule has 7 nitrogen and oxygen atoms in total. The third kappa shape index (κ3) is 4.41. The zero-order chi connectivity index (χ0) is 23.8. The Bertz CT molecular complexity index is 1200. The number of phenolic OH excluding ortho intramolecular Hbond substituents is 1. The van der Waals surface area contributed by atoms with Crippen LogP contribution in [0, 0.1) is 6.92 Å². The first-order valence-electron chi connectivity index (χ1n) is 10.3. The molecule has 0 aliphatic carbocycles. The number of aromatic hydroxyl groups is 1. The Hall–Kier alpha value is -3.82. The van der Waals surface area contributed by atoms with Crippen LogP contribution in [0.4, 0.5) is 13.2 Å². The minimum absolute atomic E-state index is 0.0985. The number of amides is 2. The summed E-state index contributed by atoms with van der Waals surface area (Å²) in [7, 11) is 0. The molecule has 0 saturated carbocycles. The van der Waals surface area contributed by atoms with Crippen LogP contribution in [0.15, 0.2) is 54.7 Å². The molecule has 3 aromatic rings. The summed E-state index contributed by atoms with van der Waals surface area (Å²) < 4.78 is 40.4. The van der Waals surface area contributed by atoms with Crippen LogP contribution < -0.4 is 0 Å². The Kier molecular flexibility index (Phi) is 5.84. The number of benzene rings is 2. The van der Waals surface area contributed by atoms with E-state index < -0.39 is 11.7 Å². The third-order valence-electron chi connectivity index (χ3n) is 5.65. The normalized spacial score (nSPS) is 14.4. The molecule has 4 rings (SSSR count). The maximum Gasteiger partial charge on any atom is 0.416 e. The van der Waals surface area contributed by atoms with Gasteiger partial charge in [-0.2, -0.15) is 18.3 Å². The Morgan fingerprint density at radius 2 is 1.52 bits per heavy atom. The lowest BCUT2D eigenvalue weighted by molar-refractivity contribution is -0.137. The van der Waals surface area contributed by atoms with Crippen molar-refractivity contribution in [2.45, 2.75) is 13.1 Å². The summed E-state index contributed by atoms with van der Waals surface area (Å²) in [5.41, 5.74) is 0.322. The maximum atomic E-state index is 13.0. The lowest BCUT2D eigenvalue weighted by atomic mass is 10.1. The molecule has 1 N–H and O–H groups in total. The third-order valence-corrected chi connectivity index (χ3v) is 5.65. The number of rotatable bonds is 3. The predicted octanol–water partition coefficient (Wildman–Crippen LogP) is 3.50. The zero-order valence-electron chi connectivity index (χ0n) is 17.7. The smallest absolute Gasteiger partial charge is 0.416 e. The van der Waals surface area contributed by atoms with Gasteiger partial charge in [0.2, 0.25) is 0 Å². The van der Waals surface area contributed by atoms with E-state index in [9.17, 15) is 27.9 Å². The van der Waals surface area contributed by atoms with E-state index >= 15 is 0 Å². The molecule has 0 unspecified atom stereocenters. The Labute approximate surface area is 187 Å². The number of nitrogens with zero attached hydrogens (tertiary/aromatic N) is 4. The summed E-state index contributed by atoms with van der Waals surface area (Å²) in [6.45, 7) is 2.77. The van der Waals surface area contributed by atoms with Gasteiger partial charge in [-0.1, -0.05) is 18.2 Å². The van der Waals surface area contributed by atoms with Gasteiger partial charge >= 0.3 is 6.18 Å². The summed E-state index contributed by atoms with van der Waals surface area (Å²) in [4.78, 5) is 28.8. The summed E-state index contributed by atoms with van der Waals surface area (Å²) in [5.74, 6) is -0.715. The first-order valence-corrected chi connectivity index (χ1v) is 10.3. The molecule has 0 atom stereocenters. The standard InChI is InChI=1S/C23H21F3N4O3/c1-15-19(14-27-30(15)17-6-4-5-16(13-17)23(24,25)26)22(33)29-11-9-28(10-12-29)21(32)18-7-2-3-8-20(18)31/h2-8,13-14,31H,9-12H2,1H3. The van der Waals surface area contributed by atoms with E-state index in [1.54, 1.807) is 34.9 Å². The van der Waals surface area contributed by atoms with Crippen LogP contribution in [-0.4, -0.2) is 62.7 Å². The molecule has 0 bridgehead atoms. The van der Waals surface area contributed by atoms with E-state index in [0.717, 1.165) is 12.1 Å². The number of para-hydroxylation sites is 1. The highest BCUT2D eigenvalue weighted by atomic mass is 19.4. The van der Waals surface area contributed by atoms with Gasteiger partial charge in [0.25, 0.3) is 11.8 Å². The number of alkyl halides is 3. The minimum Gasteiger partial charge on any atom is -0.507 e. The number of carbonyl (C=O) groups is 2. The van der Waals surface area contributed by atoms with E-state index in [0.29, 0.717) is 18.8 Å². The van der Waals surface area contributed by atoms with E-state index in [1.807, 2.05) is 0 Å². The number of piperazine rings is 1. The van der Waals surface area contributed by atoms with Crippen LogP contribution >= 0.6 is 0 Å². The van der Waals surface area contributed by atoms with Gasteiger partial charge in [-0.05, 0) is 37.3 Å². The Balaban J connectivity index is 1.47. The number of aromatic nitrogens is 2. The van der Waals surface area contributed by atoms with E-state index in [2.05, 4.69) is 5.10 Å². The fourth-order valence-electron chi connectivity index (χ4n) is 3.80. The number of carbonyl (C=O) groups excluding carboxylic acids is 2. The number of halogens is 3. The van der Waals surface area contributed by atoms with Crippen molar-refractivity contribution in [3.63, 3.8) is 0 Å². The van der Waals surface area contributed by atoms with Gasteiger partial charge in [-0.15, -0.1) is 0 Å². The van der Waals surface area contributed by atoms with Gasteiger partial charge < -0.3 is 14.9 Å². The molecule has 2 aromatic carbocycles. The minimum atomic E-state index is -4.48. The fourth-order valence-corrected chi connectivity index (χ4v) is 3.80. The SMILES string of the molecule is Cc1c(C(=O)N2CCN(C(=O)c3ccccc3O)CC2)cnn1-c1cccc(C(F)(F)F)c1. The number of hydrogen-bond donors (Lipinski definition) is 1. The fraction of sp³-hybridized carbons (Fsp3) is 0.261. The molecule has 2 heterocycles. The van der Waals surface area contributed by atoms with Gasteiger partial charge in [0.15, 0.2) is 0 Å². The first-order chi connectivity index (χ1) is 15.7. The van der Waals surface area contributed by atoms with Crippen molar-refractivity contribution < 1.29 is 27.9 Å². The highest BCUT2D eigenvalue weighted by Crippen LogP contribution is 2.30. The lowest BCUT2D eigenvalue weighted by Gasteiger charge is -2.34. The maximum absolute atomic E-state index is 13.0. The van der Waals surface area contributed by atoms with Crippen LogP contribution in [0.1, 0.15) is 32.0 Å². The monoisotopic (exact) mass is 458 g/mol. The molecular weight excluding hydrogens is 437 g/mol. The molecule has 1 saturated heterocycles. The van der Waals surface area contributed by atoms with E-state index in [1.165, 1.54) is 29.1 Å². The molecule has 33 heavy (non-hydrogen) atoms. The van der Waals surface area contributed by atoms with E-state index in [-0.39, 0.29) is 47.5 Å². The number of hydrogen-bond acceptors (Lipinski definition) is 4. The quantitative estimate of drug-likeness (QED) is 0.652. The van der Waals surface area contributed by atoms with Crippen molar-refractivity contribution >= 4 is 11.8 Å². The average molecular weight is 458 g/mol. The van der Waals surface area contributed by atoms with E-state index in [4.69, 9.17) is 0 Å². The second-order valence-electron chi connectivity index (χ2n) is 7.71. The van der Waals surface area contributed by atoms with Crippen molar-refractivity contribution in [2.75, 3.05) is 26.2 Å². The molecule has 1 aliphatic rings. The molecule has 1 fully saturated rings. The largest absolute Gasteiger partial charge is 0.507 e. The van der Waals surface area contributed by atoms with Crippen LogP contribution in [-0.2, 0) is 6.18 Å². The zero-order valence-corrected chi connectivity index (χ0v) is 17.7. The van der Waals surface area contributed by atoms with Gasteiger partial charge in [0.05, 0.1) is 34.3 Å². The average Bonchev–Trinajstić information content (AvgIpc) is 3.19. The van der Waals surface area contributed by atoms with Gasteiger partial charge in [0.1, 0.15) is 5.75 Å². The van der Waals surface area contributed by atoms with Crippen molar-refractivity contribution in [3.8, 4) is 11.4 Å². The Morgan fingerprint density at radius 1 is 0.909 bits per heavy atom. The second-order valence-corrected chi connectivity index (χ2v) is 7.71.